The van der Waals surface area contributed by atoms with Gasteiger partial charge in [-0.2, -0.15) is 0 Å². The van der Waals surface area contributed by atoms with Crippen LogP contribution in [0.15, 0.2) is 48.5 Å². The molecule has 2 amide bonds. The number of nitrogens with zero attached hydrogens (tertiary/aromatic N) is 1. The first-order chi connectivity index (χ1) is 13.1. The molecule has 2 atom stereocenters. The molecule has 7 heteroatoms. The molecule has 0 fully saturated rings. The van der Waals surface area contributed by atoms with Gasteiger partial charge in [0, 0.05) is 0 Å². The maximum atomic E-state index is 12.4. The van der Waals surface area contributed by atoms with E-state index in [0.29, 0.717) is 22.6 Å². The van der Waals surface area contributed by atoms with E-state index in [2.05, 4.69) is 0 Å². The van der Waals surface area contributed by atoms with Crippen LogP contribution < -0.4 is 9.47 Å². The summed E-state index contributed by atoms with van der Waals surface area (Å²) in [6.07, 6.45) is -1.44. The number of benzene rings is 2. The van der Waals surface area contributed by atoms with Crippen molar-refractivity contribution in [2.45, 2.75) is 19.1 Å². The second kappa shape index (κ2) is 6.75. The molecule has 2 aromatic rings. The normalized spacial score (nSPS) is 20.4. The van der Waals surface area contributed by atoms with Gasteiger partial charge in [-0.15, -0.1) is 0 Å². The highest BCUT2D eigenvalue weighted by Gasteiger charge is 2.37. The number of carbonyl (C=O) groups excluding carboxylic acids is 3. The molecule has 0 aliphatic carbocycles. The average Bonchev–Trinajstić information content (AvgIpc) is 2.92. The summed E-state index contributed by atoms with van der Waals surface area (Å²) in [5, 5.41) is 0. The monoisotopic (exact) mass is 367 g/mol. The van der Waals surface area contributed by atoms with Gasteiger partial charge in [-0.25, -0.2) is 4.79 Å². The van der Waals surface area contributed by atoms with Crippen LogP contribution in [0.2, 0.25) is 0 Å². The first-order valence-electron chi connectivity index (χ1n) is 8.60. The molecule has 2 heterocycles. The third kappa shape index (κ3) is 3.01. The molecule has 0 bridgehead atoms. The molecule has 0 aromatic heterocycles. The molecular formula is C20H17NO6. The lowest BCUT2D eigenvalue weighted by molar-refractivity contribution is -0.157. The Labute approximate surface area is 155 Å². The molecule has 0 radical (unpaired) electrons. The van der Waals surface area contributed by atoms with E-state index >= 15 is 0 Å². The van der Waals surface area contributed by atoms with E-state index in [1.165, 1.54) is 0 Å². The average molecular weight is 367 g/mol. The number of ether oxygens (including phenoxy) is 3. The molecule has 0 unspecified atom stereocenters. The van der Waals surface area contributed by atoms with Crippen LogP contribution in [0.5, 0.6) is 11.5 Å². The van der Waals surface area contributed by atoms with Crippen LogP contribution in [0.3, 0.4) is 0 Å². The van der Waals surface area contributed by atoms with E-state index in [-0.39, 0.29) is 25.0 Å². The van der Waals surface area contributed by atoms with E-state index in [1.54, 1.807) is 49.4 Å². The fourth-order valence-corrected chi connectivity index (χ4v) is 3.14. The Morgan fingerprint density at radius 1 is 0.963 bits per heavy atom. The van der Waals surface area contributed by atoms with Crippen molar-refractivity contribution in [2.24, 2.45) is 0 Å². The van der Waals surface area contributed by atoms with Crippen LogP contribution in [-0.4, -0.2) is 48.0 Å². The van der Waals surface area contributed by atoms with E-state index in [4.69, 9.17) is 14.2 Å². The molecule has 2 aliphatic heterocycles. The van der Waals surface area contributed by atoms with Gasteiger partial charge in [0.25, 0.3) is 11.8 Å². The number of para-hydroxylation sites is 2. The van der Waals surface area contributed by atoms with Gasteiger partial charge in [0.1, 0.15) is 12.7 Å². The quantitative estimate of drug-likeness (QED) is 0.608. The third-order valence-corrected chi connectivity index (χ3v) is 4.51. The fraction of sp³-hybridized carbons (Fsp3) is 0.250. The van der Waals surface area contributed by atoms with Crippen LogP contribution in [0.4, 0.5) is 0 Å². The highest BCUT2D eigenvalue weighted by molar-refractivity contribution is 6.21. The summed E-state index contributed by atoms with van der Waals surface area (Å²) in [7, 11) is 0. The summed E-state index contributed by atoms with van der Waals surface area (Å²) in [5.74, 6) is -0.330. The van der Waals surface area contributed by atoms with E-state index in [1.807, 2.05) is 6.07 Å². The molecule has 2 aliphatic rings. The van der Waals surface area contributed by atoms with Crippen molar-refractivity contribution >= 4 is 17.8 Å². The SMILES string of the molecule is C[C@H]1Oc2ccccc2O[C@H]1C(=O)OCCN1C(=O)c2ccccc2C1=O. The maximum absolute atomic E-state index is 12.4. The standard InChI is InChI=1S/C20H17NO6/c1-12-17(27-16-9-5-4-8-15(16)26-12)20(24)25-11-10-21-18(22)13-6-2-3-7-14(13)19(21)23/h2-9,12,17H,10-11H2,1H3/t12-,17-/m1/s1. The van der Waals surface area contributed by atoms with E-state index in [0.717, 1.165) is 4.90 Å². The Morgan fingerprint density at radius 3 is 2.15 bits per heavy atom. The zero-order chi connectivity index (χ0) is 19.0. The van der Waals surface area contributed by atoms with Crippen molar-refractivity contribution < 1.29 is 28.6 Å². The number of rotatable bonds is 4. The van der Waals surface area contributed by atoms with Crippen molar-refractivity contribution in [3.63, 3.8) is 0 Å². The molecular weight excluding hydrogens is 350 g/mol. The topological polar surface area (TPSA) is 82.1 Å². The molecule has 0 saturated heterocycles. The Balaban J connectivity index is 1.36. The summed E-state index contributed by atoms with van der Waals surface area (Å²) in [6, 6.07) is 13.7. The van der Waals surface area contributed by atoms with Gasteiger partial charge >= 0.3 is 5.97 Å². The second-order valence-electron chi connectivity index (χ2n) is 6.28. The molecule has 27 heavy (non-hydrogen) atoms. The Morgan fingerprint density at radius 2 is 1.52 bits per heavy atom. The molecule has 0 N–H and O–H groups in total. The van der Waals surface area contributed by atoms with Gasteiger partial charge in [0.2, 0.25) is 6.10 Å². The highest BCUT2D eigenvalue weighted by atomic mass is 16.6. The summed E-state index contributed by atoms with van der Waals surface area (Å²) in [5.41, 5.74) is 0.728. The summed E-state index contributed by atoms with van der Waals surface area (Å²) < 4.78 is 16.6. The minimum Gasteiger partial charge on any atom is -0.482 e. The van der Waals surface area contributed by atoms with Gasteiger partial charge in [0.15, 0.2) is 11.5 Å². The van der Waals surface area contributed by atoms with Gasteiger partial charge in [-0.05, 0) is 31.2 Å². The van der Waals surface area contributed by atoms with E-state index < -0.39 is 18.2 Å². The predicted octanol–water partition coefficient (Wildman–Crippen LogP) is 2.05. The van der Waals surface area contributed by atoms with Crippen molar-refractivity contribution in [3.05, 3.63) is 59.7 Å². The maximum Gasteiger partial charge on any atom is 0.351 e. The van der Waals surface area contributed by atoms with Gasteiger partial charge in [0.05, 0.1) is 17.7 Å². The molecule has 0 saturated carbocycles. The fourth-order valence-electron chi connectivity index (χ4n) is 3.14. The zero-order valence-electron chi connectivity index (χ0n) is 14.6. The van der Waals surface area contributed by atoms with Crippen molar-refractivity contribution in [3.8, 4) is 11.5 Å². The summed E-state index contributed by atoms with van der Waals surface area (Å²) in [6.45, 7) is 1.58. The van der Waals surface area contributed by atoms with Crippen molar-refractivity contribution in [2.75, 3.05) is 13.2 Å². The number of hydrogen-bond donors (Lipinski definition) is 0. The van der Waals surface area contributed by atoms with Crippen molar-refractivity contribution in [1.29, 1.82) is 0 Å². The molecule has 138 valence electrons. The van der Waals surface area contributed by atoms with Crippen LogP contribution in [0.1, 0.15) is 27.6 Å². The predicted molar refractivity (Wildman–Crippen MR) is 93.7 cm³/mol. The van der Waals surface area contributed by atoms with Crippen LogP contribution in [0.25, 0.3) is 0 Å². The van der Waals surface area contributed by atoms with Crippen LogP contribution in [-0.2, 0) is 9.53 Å². The lowest BCUT2D eigenvalue weighted by Gasteiger charge is -2.30. The van der Waals surface area contributed by atoms with Gasteiger partial charge < -0.3 is 14.2 Å². The molecule has 0 spiro atoms. The lowest BCUT2D eigenvalue weighted by Crippen LogP contribution is -2.45. The van der Waals surface area contributed by atoms with Crippen molar-refractivity contribution in [1.82, 2.24) is 4.90 Å². The Bertz CT molecular complexity index is 889. The van der Waals surface area contributed by atoms with Crippen LogP contribution >= 0.6 is 0 Å². The Hall–Kier alpha value is -3.35. The smallest absolute Gasteiger partial charge is 0.351 e. The zero-order valence-corrected chi connectivity index (χ0v) is 14.6. The number of esters is 1. The highest BCUT2D eigenvalue weighted by Crippen LogP contribution is 2.33. The molecule has 7 nitrogen and oxygen atoms in total. The summed E-state index contributed by atoms with van der Waals surface area (Å²) in [4.78, 5) is 38.0. The van der Waals surface area contributed by atoms with Gasteiger partial charge in [-0.1, -0.05) is 24.3 Å². The number of imide groups is 1. The van der Waals surface area contributed by atoms with E-state index in [9.17, 15) is 14.4 Å². The number of carbonyl (C=O) groups is 3. The Kier molecular flexibility index (Phi) is 4.27. The summed E-state index contributed by atoms with van der Waals surface area (Å²) >= 11 is 0. The first-order valence-corrected chi connectivity index (χ1v) is 8.60. The lowest BCUT2D eigenvalue weighted by atomic mass is 10.1. The van der Waals surface area contributed by atoms with Gasteiger partial charge in [-0.3, -0.25) is 14.5 Å². The minimum absolute atomic E-state index is 0.0172. The van der Waals surface area contributed by atoms with Crippen LogP contribution in [0, 0.1) is 0 Å². The second-order valence-corrected chi connectivity index (χ2v) is 6.28. The molecule has 2 aromatic carbocycles. The third-order valence-electron chi connectivity index (χ3n) is 4.51. The minimum atomic E-state index is -0.915. The number of hydrogen-bond acceptors (Lipinski definition) is 6. The number of amides is 2. The first kappa shape index (κ1) is 17.1. The molecule has 4 rings (SSSR count). The number of fused-ring (bicyclic) bond motifs is 2. The largest absolute Gasteiger partial charge is 0.482 e.